The van der Waals surface area contributed by atoms with E-state index in [0.29, 0.717) is 6.61 Å². The monoisotopic (exact) mass is 259 g/mol. The Hall–Kier alpha value is -0.200. The molecular weight excluding hydrogens is 230 g/mol. The lowest BCUT2D eigenvalue weighted by Gasteiger charge is -2.41. The molecule has 1 saturated heterocycles. The molecule has 108 valence electrons. The van der Waals surface area contributed by atoms with Crippen molar-refractivity contribution < 1.29 is 9.47 Å². The Balaban J connectivity index is 2.27. The van der Waals surface area contributed by atoms with Gasteiger partial charge in [-0.25, -0.2) is 0 Å². The maximum atomic E-state index is 5.34. The molecule has 0 aliphatic carbocycles. The van der Waals surface area contributed by atoms with Crippen molar-refractivity contribution in [1.29, 1.82) is 0 Å². The maximum Gasteiger partial charge on any atom is 0.0928 e. The molecular formula is C13H29N3O2. The summed E-state index contributed by atoms with van der Waals surface area (Å²) in [6, 6.07) is 0. The van der Waals surface area contributed by atoms with E-state index in [0.717, 1.165) is 39.3 Å². The predicted octanol–water partition coefficient (Wildman–Crippen LogP) is -0.0788. The molecule has 0 amide bonds. The normalized spacial score (nSPS) is 20.0. The third kappa shape index (κ3) is 5.20. The Kier molecular flexibility index (Phi) is 7.11. The lowest BCUT2D eigenvalue weighted by molar-refractivity contribution is 0.0252. The number of piperazine rings is 1. The quantitative estimate of drug-likeness (QED) is 0.638. The summed E-state index contributed by atoms with van der Waals surface area (Å²) in [6.07, 6.45) is 0.133. The summed E-state index contributed by atoms with van der Waals surface area (Å²) in [5.41, 5.74) is 0.188. The van der Waals surface area contributed by atoms with Gasteiger partial charge in [0.2, 0.25) is 0 Å². The first-order valence-corrected chi connectivity index (χ1v) is 6.78. The summed E-state index contributed by atoms with van der Waals surface area (Å²) in [5, 5.41) is 6.88. The topological polar surface area (TPSA) is 45.8 Å². The van der Waals surface area contributed by atoms with E-state index in [9.17, 15) is 0 Å². The van der Waals surface area contributed by atoms with Crippen LogP contribution in [0.15, 0.2) is 0 Å². The molecule has 0 spiro atoms. The molecule has 1 aliphatic rings. The lowest BCUT2D eigenvalue weighted by Crippen LogP contribution is -2.57. The fourth-order valence-corrected chi connectivity index (χ4v) is 2.32. The second-order valence-electron chi connectivity index (χ2n) is 5.49. The van der Waals surface area contributed by atoms with Crippen LogP contribution in [0, 0.1) is 0 Å². The van der Waals surface area contributed by atoms with E-state index in [1.807, 2.05) is 0 Å². The van der Waals surface area contributed by atoms with Crippen molar-refractivity contribution in [3.05, 3.63) is 0 Å². The Morgan fingerprint density at radius 2 is 1.94 bits per heavy atom. The first kappa shape index (κ1) is 15.9. The fourth-order valence-electron chi connectivity index (χ4n) is 2.32. The van der Waals surface area contributed by atoms with Crippen molar-refractivity contribution >= 4 is 0 Å². The van der Waals surface area contributed by atoms with Crippen LogP contribution in [0.5, 0.6) is 0 Å². The van der Waals surface area contributed by atoms with E-state index in [1.54, 1.807) is 14.2 Å². The summed E-state index contributed by atoms with van der Waals surface area (Å²) in [5.74, 6) is 0. The van der Waals surface area contributed by atoms with Gasteiger partial charge in [0.05, 0.1) is 12.7 Å². The Bertz CT molecular complexity index is 218. The van der Waals surface area contributed by atoms with E-state index < -0.39 is 0 Å². The maximum absolute atomic E-state index is 5.34. The van der Waals surface area contributed by atoms with Crippen LogP contribution in [0.3, 0.4) is 0 Å². The highest BCUT2D eigenvalue weighted by Gasteiger charge is 2.27. The van der Waals surface area contributed by atoms with Crippen molar-refractivity contribution in [2.24, 2.45) is 0 Å². The Morgan fingerprint density at radius 1 is 1.28 bits per heavy atom. The van der Waals surface area contributed by atoms with Crippen molar-refractivity contribution in [2.45, 2.75) is 25.5 Å². The first-order valence-electron chi connectivity index (χ1n) is 6.78. The molecule has 1 fully saturated rings. The zero-order chi connectivity index (χ0) is 13.4. The number of ether oxygens (including phenoxy) is 2. The minimum Gasteiger partial charge on any atom is -0.382 e. The molecule has 0 aromatic heterocycles. The second kappa shape index (κ2) is 8.07. The van der Waals surface area contributed by atoms with Crippen LogP contribution < -0.4 is 10.6 Å². The van der Waals surface area contributed by atoms with E-state index in [-0.39, 0.29) is 11.6 Å². The van der Waals surface area contributed by atoms with Gasteiger partial charge in [-0.1, -0.05) is 0 Å². The third-order valence-corrected chi connectivity index (χ3v) is 3.59. The number of hydrogen-bond donors (Lipinski definition) is 2. The number of rotatable bonds is 8. The van der Waals surface area contributed by atoms with Gasteiger partial charge in [0.1, 0.15) is 0 Å². The van der Waals surface area contributed by atoms with E-state index in [4.69, 9.17) is 9.47 Å². The summed E-state index contributed by atoms with van der Waals surface area (Å²) in [6.45, 7) is 11.5. The summed E-state index contributed by atoms with van der Waals surface area (Å²) in [4.78, 5) is 2.54. The third-order valence-electron chi connectivity index (χ3n) is 3.59. The molecule has 0 saturated carbocycles. The SMILES string of the molecule is COCC(CNCC(C)(C)N1CCNCC1)OC. The van der Waals surface area contributed by atoms with Crippen LogP contribution in [0.25, 0.3) is 0 Å². The van der Waals surface area contributed by atoms with Crippen LogP contribution in [0.1, 0.15) is 13.8 Å². The lowest BCUT2D eigenvalue weighted by atomic mass is 10.0. The summed E-state index contributed by atoms with van der Waals surface area (Å²) in [7, 11) is 3.43. The van der Waals surface area contributed by atoms with Gasteiger partial charge >= 0.3 is 0 Å². The molecule has 5 heteroatoms. The molecule has 1 aliphatic heterocycles. The minimum absolute atomic E-state index is 0.133. The van der Waals surface area contributed by atoms with Crippen LogP contribution in [0.4, 0.5) is 0 Å². The highest BCUT2D eigenvalue weighted by Crippen LogP contribution is 2.13. The van der Waals surface area contributed by atoms with E-state index >= 15 is 0 Å². The standard InChI is InChI=1S/C13H29N3O2/c1-13(2,16-7-5-14-6-8-16)11-15-9-12(18-4)10-17-3/h12,14-15H,5-11H2,1-4H3. The number of nitrogens with one attached hydrogen (secondary N) is 2. The zero-order valence-corrected chi connectivity index (χ0v) is 12.3. The molecule has 1 atom stereocenters. The predicted molar refractivity (Wildman–Crippen MR) is 74.1 cm³/mol. The van der Waals surface area contributed by atoms with Gasteiger partial charge in [-0.15, -0.1) is 0 Å². The van der Waals surface area contributed by atoms with Crippen molar-refractivity contribution in [3.63, 3.8) is 0 Å². The Labute approximate surface area is 111 Å². The second-order valence-corrected chi connectivity index (χ2v) is 5.49. The fraction of sp³-hybridized carbons (Fsp3) is 1.00. The first-order chi connectivity index (χ1) is 8.60. The highest BCUT2D eigenvalue weighted by atomic mass is 16.5. The summed E-state index contributed by atoms with van der Waals surface area (Å²) < 4.78 is 10.5. The molecule has 1 rings (SSSR count). The molecule has 0 aromatic carbocycles. The molecule has 1 heterocycles. The van der Waals surface area contributed by atoms with Gasteiger partial charge in [-0.2, -0.15) is 0 Å². The van der Waals surface area contributed by atoms with Crippen LogP contribution in [0.2, 0.25) is 0 Å². The average Bonchev–Trinajstić information content (AvgIpc) is 2.38. The molecule has 1 unspecified atom stereocenters. The largest absolute Gasteiger partial charge is 0.382 e. The van der Waals surface area contributed by atoms with Crippen LogP contribution in [-0.4, -0.2) is 76.6 Å². The zero-order valence-electron chi connectivity index (χ0n) is 12.3. The van der Waals surface area contributed by atoms with E-state index in [1.165, 1.54) is 0 Å². The summed E-state index contributed by atoms with van der Waals surface area (Å²) >= 11 is 0. The highest BCUT2D eigenvalue weighted by molar-refractivity contribution is 4.86. The Morgan fingerprint density at radius 3 is 2.50 bits per heavy atom. The number of methoxy groups -OCH3 is 2. The van der Waals surface area contributed by atoms with Crippen molar-refractivity contribution in [1.82, 2.24) is 15.5 Å². The number of nitrogens with zero attached hydrogens (tertiary/aromatic N) is 1. The van der Waals surface area contributed by atoms with Gasteiger partial charge in [0.15, 0.2) is 0 Å². The molecule has 5 nitrogen and oxygen atoms in total. The van der Waals surface area contributed by atoms with Gasteiger partial charge in [-0.3, -0.25) is 4.90 Å². The van der Waals surface area contributed by atoms with Crippen LogP contribution >= 0.6 is 0 Å². The molecule has 0 bridgehead atoms. The van der Waals surface area contributed by atoms with Crippen molar-refractivity contribution in [3.8, 4) is 0 Å². The average molecular weight is 259 g/mol. The minimum atomic E-state index is 0.133. The van der Waals surface area contributed by atoms with Gasteiger partial charge in [-0.05, 0) is 13.8 Å². The van der Waals surface area contributed by atoms with Gasteiger partial charge in [0, 0.05) is 59.0 Å². The van der Waals surface area contributed by atoms with Crippen molar-refractivity contribution in [2.75, 3.05) is 60.1 Å². The molecule has 2 N–H and O–H groups in total. The molecule has 0 radical (unpaired) electrons. The molecule has 0 aromatic rings. The van der Waals surface area contributed by atoms with Crippen LogP contribution in [-0.2, 0) is 9.47 Å². The smallest absolute Gasteiger partial charge is 0.0928 e. The van der Waals surface area contributed by atoms with Gasteiger partial charge < -0.3 is 20.1 Å². The van der Waals surface area contributed by atoms with E-state index in [2.05, 4.69) is 29.4 Å². The van der Waals surface area contributed by atoms with Gasteiger partial charge in [0.25, 0.3) is 0 Å². The molecule has 18 heavy (non-hydrogen) atoms. The number of hydrogen-bond acceptors (Lipinski definition) is 5.